The van der Waals surface area contributed by atoms with Gasteiger partial charge >= 0.3 is 256 Å². The zero-order chi connectivity index (χ0) is 28.2. The van der Waals surface area contributed by atoms with Crippen LogP contribution in [0.15, 0.2) is 103 Å². The van der Waals surface area contributed by atoms with E-state index in [4.69, 9.17) is 0 Å². The van der Waals surface area contributed by atoms with E-state index in [0.717, 1.165) is 6.42 Å². The average Bonchev–Trinajstić information content (AvgIpc) is 3.55. The third-order valence-electron chi connectivity index (χ3n) is 8.26. The minimum absolute atomic E-state index is 0. The number of rotatable bonds is 3. The summed E-state index contributed by atoms with van der Waals surface area (Å²) < 4.78 is 1.49. The Kier molecular flexibility index (Phi) is 9.50. The molecule has 0 saturated heterocycles. The third kappa shape index (κ3) is 5.74. The molecule has 42 heavy (non-hydrogen) atoms. The van der Waals surface area contributed by atoms with Crippen molar-refractivity contribution in [2.24, 2.45) is 0 Å². The van der Waals surface area contributed by atoms with Gasteiger partial charge in [0.05, 0.1) is 0 Å². The molecule has 0 nitrogen and oxygen atoms in total. The van der Waals surface area contributed by atoms with Gasteiger partial charge in [-0.05, 0) is 0 Å². The predicted molar refractivity (Wildman–Crippen MR) is 167 cm³/mol. The first kappa shape index (κ1) is 32.5. The van der Waals surface area contributed by atoms with Crippen LogP contribution in [0.4, 0.5) is 0 Å². The molecule has 0 unspecified atom stereocenters. The maximum Gasteiger partial charge on any atom is -1.00 e. The summed E-state index contributed by atoms with van der Waals surface area (Å²) in [5.74, 6) is 0. The third-order valence-corrected chi connectivity index (χ3v) is 9.54. The summed E-state index contributed by atoms with van der Waals surface area (Å²) in [5.41, 5.74) is 13.8. The van der Waals surface area contributed by atoms with Gasteiger partial charge in [0, 0.05) is 0 Å². The Hall–Kier alpha value is -2.44. The number of benzene rings is 4. The van der Waals surface area contributed by atoms with Crippen LogP contribution in [0.1, 0.15) is 81.3 Å². The van der Waals surface area contributed by atoms with E-state index in [1.807, 2.05) is 0 Å². The van der Waals surface area contributed by atoms with Crippen molar-refractivity contribution in [1.82, 2.24) is 0 Å². The van der Waals surface area contributed by atoms with E-state index in [1.165, 1.54) is 94.1 Å². The first-order chi connectivity index (χ1) is 19.1. The second-order valence-corrected chi connectivity index (χ2v) is 14.4. The average molecular weight is 668 g/mol. The van der Waals surface area contributed by atoms with Crippen molar-refractivity contribution in [1.29, 1.82) is 0 Å². The van der Waals surface area contributed by atoms with Crippen LogP contribution in [0.25, 0.3) is 25.6 Å². The number of fused-ring (bicyclic) bond motifs is 3. The molecule has 0 spiro atoms. The van der Waals surface area contributed by atoms with Gasteiger partial charge in [-0.2, -0.15) is 0 Å². The van der Waals surface area contributed by atoms with Gasteiger partial charge in [-0.3, -0.25) is 0 Å². The van der Waals surface area contributed by atoms with Gasteiger partial charge in [0.15, 0.2) is 0 Å². The van der Waals surface area contributed by atoms with Crippen molar-refractivity contribution < 1.29 is 49.5 Å². The molecule has 0 radical (unpaired) electrons. The second kappa shape index (κ2) is 12.3. The Labute approximate surface area is 279 Å². The first-order valence-corrected chi connectivity index (χ1v) is 15.6. The fourth-order valence-electron chi connectivity index (χ4n) is 6.36. The van der Waals surface area contributed by atoms with Crippen LogP contribution in [0.5, 0.6) is 0 Å². The first-order valence-electron chi connectivity index (χ1n) is 14.4. The minimum atomic E-state index is -0.0559. The van der Waals surface area contributed by atoms with Gasteiger partial charge in [0.1, 0.15) is 0 Å². The topological polar surface area (TPSA) is 0 Å². The van der Waals surface area contributed by atoms with Crippen LogP contribution in [-0.2, 0) is 35.5 Å². The van der Waals surface area contributed by atoms with Gasteiger partial charge in [-0.1, -0.05) is 0 Å². The van der Waals surface area contributed by atoms with Gasteiger partial charge in [-0.25, -0.2) is 0 Å². The minimum Gasteiger partial charge on any atom is -1.00 e. The van der Waals surface area contributed by atoms with E-state index >= 15 is 0 Å². The Morgan fingerprint density at radius 1 is 0.667 bits per heavy atom. The van der Waals surface area contributed by atoms with Crippen LogP contribution in [0.3, 0.4) is 0 Å². The number of hydrogen-bond donors (Lipinski definition) is 0. The molecule has 211 valence electrons. The molecule has 0 amide bonds. The van der Waals surface area contributed by atoms with Crippen LogP contribution in [0.2, 0.25) is 0 Å². The zero-order valence-corrected chi connectivity index (χ0v) is 29.2. The molecule has 4 aromatic rings. The smallest absolute Gasteiger partial charge is 1.00 e. The largest absolute Gasteiger partial charge is 1.00 e. The Balaban J connectivity index is 0.00000202. The fourth-order valence-corrected chi connectivity index (χ4v) is 7.51. The van der Waals surface area contributed by atoms with E-state index in [-0.39, 0.29) is 35.6 Å². The van der Waals surface area contributed by atoms with Gasteiger partial charge in [-0.15, -0.1) is 0 Å². The molecule has 0 bridgehead atoms. The summed E-state index contributed by atoms with van der Waals surface area (Å²) in [5, 5.41) is 2.81. The summed E-state index contributed by atoms with van der Waals surface area (Å²) in [7, 11) is 0. The number of hydrogen-bond acceptors (Lipinski definition) is 0. The summed E-state index contributed by atoms with van der Waals surface area (Å²) in [6, 6.07) is 31.7. The van der Waals surface area contributed by atoms with Crippen molar-refractivity contribution in [2.45, 2.75) is 58.8 Å². The normalized spacial score (nSPS) is 13.6. The number of halogens is 2. The molecule has 0 N–H and O–H groups in total. The second-order valence-electron chi connectivity index (χ2n) is 13.2. The molecule has 3 heteroatoms. The maximum absolute atomic E-state index is 2.53. The number of allylic oxidation sites excluding steroid dienone is 4. The van der Waals surface area contributed by atoms with E-state index in [9.17, 15) is 0 Å². The molecule has 0 fully saturated rings. The van der Waals surface area contributed by atoms with E-state index in [2.05, 4.69) is 145 Å². The van der Waals surface area contributed by atoms with Crippen LogP contribution >= 0.6 is 0 Å². The van der Waals surface area contributed by atoms with Crippen molar-refractivity contribution in [2.75, 3.05) is 0 Å². The molecule has 0 aromatic heterocycles. The molecule has 2 aliphatic carbocycles. The van der Waals surface area contributed by atoms with Crippen molar-refractivity contribution in [3.05, 3.63) is 147 Å². The van der Waals surface area contributed by atoms with Crippen LogP contribution in [-0.4, -0.2) is 0 Å². The Morgan fingerprint density at radius 2 is 1.26 bits per heavy atom. The maximum atomic E-state index is 2.53. The summed E-state index contributed by atoms with van der Waals surface area (Å²) in [6.45, 7) is 14.1. The molecular weight excluding hydrogens is 631 g/mol. The molecule has 0 aliphatic heterocycles. The zero-order valence-electron chi connectivity index (χ0n) is 25.3. The summed E-state index contributed by atoms with van der Waals surface area (Å²) in [4.78, 5) is 0. The van der Waals surface area contributed by atoms with E-state index < -0.39 is 0 Å². The Bertz CT molecular complexity index is 1770. The van der Waals surface area contributed by atoms with E-state index in [0.29, 0.717) is 0 Å². The van der Waals surface area contributed by atoms with Crippen molar-refractivity contribution >= 4 is 14.4 Å². The molecule has 4 aromatic carbocycles. The predicted octanol–water partition coefficient (Wildman–Crippen LogP) is 2.56. The van der Waals surface area contributed by atoms with Gasteiger partial charge < -0.3 is 24.8 Å². The summed E-state index contributed by atoms with van der Waals surface area (Å²) in [6.07, 6.45) is 7.88. The standard InChI is InChI=1S/C39H37.2ClH.Zr/c1-38(2,3)30-21-22-31-29(23-30)24-33-32(31)25-34(37(39(4,5)6)36(33)28-19-13-14-20-28)35(26-15-9-7-10-16-26)27-17-11-8-12-18-27;;;/h7-19,21-23,25H,20H2,1-6H3;2*1H;/q;;;+2/p-2. The van der Waals surface area contributed by atoms with Gasteiger partial charge in [0.25, 0.3) is 0 Å². The van der Waals surface area contributed by atoms with E-state index in [1.54, 1.807) is 0 Å². The van der Waals surface area contributed by atoms with Crippen molar-refractivity contribution in [3.8, 4) is 11.1 Å². The Morgan fingerprint density at radius 3 is 1.76 bits per heavy atom. The van der Waals surface area contributed by atoms with Crippen LogP contribution in [0, 0.1) is 0 Å². The van der Waals surface area contributed by atoms with Crippen LogP contribution < -0.4 is 35.3 Å². The quantitative estimate of drug-likeness (QED) is 0.316. The van der Waals surface area contributed by atoms with Gasteiger partial charge in [0.2, 0.25) is 0 Å². The molecule has 0 atom stereocenters. The SMILES string of the molecule is CC(C)(C)c1ccc2c(c1)[C]([Zr+2])=c1c-2cc(=C(c2ccccc2)c2ccccc2)c(C(C)(C)C)c1C1=CC=CC1.[Cl-].[Cl-]. The molecule has 2 aliphatic rings. The molecule has 0 heterocycles. The monoisotopic (exact) mass is 665 g/mol. The van der Waals surface area contributed by atoms with Crippen molar-refractivity contribution in [3.63, 3.8) is 0 Å². The molecule has 6 rings (SSSR count). The fraction of sp³-hybridized carbons (Fsp3) is 0.231. The summed E-state index contributed by atoms with van der Waals surface area (Å²) >= 11 is 1.47. The molecular formula is C39H37Cl2Zr. The molecule has 0 saturated carbocycles.